The molecule has 3 amide bonds. The summed E-state index contributed by atoms with van der Waals surface area (Å²) in [5.74, 6) is -0.117. The number of nitrogens with one attached hydrogen (secondary N) is 2. The molecule has 1 aliphatic heterocycles. The minimum Gasteiger partial charge on any atom is -0.324 e. The number of fused-ring (bicyclic) bond motifs is 1. The normalized spacial score (nSPS) is 14.8. The molecule has 0 saturated carbocycles. The van der Waals surface area contributed by atoms with Gasteiger partial charge in [0.05, 0.1) is 10.2 Å². The zero-order valence-electron chi connectivity index (χ0n) is 15.6. The highest BCUT2D eigenvalue weighted by molar-refractivity contribution is 7.22. The first-order valence-electron chi connectivity index (χ1n) is 9.37. The largest absolute Gasteiger partial charge is 0.324 e. The van der Waals surface area contributed by atoms with E-state index in [4.69, 9.17) is 0 Å². The fourth-order valence-electron chi connectivity index (χ4n) is 3.36. The number of amides is 3. The van der Waals surface area contributed by atoms with Crippen LogP contribution in [0.2, 0.25) is 0 Å². The van der Waals surface area contributed by atoms with Crippen molar-refractivity contribution in [3.63, 3.8) is 0 Å². The fraction of sp³-hybridized carbons (Fsp3) is 0.286. The molecule has 0 bridgehead atoms. The summed E-state index contributed by atoms with van der Waals surface area (Å²) in [4.78, 5) is 31.2. The van der Waals surface area contributed by atoms with Crippen LogP contribution in [0.5, 0.6) is 0 Å². The summed E-state index contributed by atoms with van der Waals surface area (Å²) in [7, 11) is 0. The number of hydrogen-bond donors (Lipinski definition) is 2. The highest BCUT2D eigenvalue weighted by Crippen LogP contribution is 2.28. The van der Waals surface area contributed by atoms with Crippen LogP contribution >= 0.6 is 11.3 Å². The van der Waals surface area contributed by atoms with E-state index in [1.165, 1.54) is 16.9 Å². The number of piperidine rings is 1. The van der Waals surface area contributed by atoms with E-state index in [-0.39, 0.29) is 17.9 Å². The molecule has 1 aromatic heterocycles. The van der Waals surface area contributed by atoms with Crippen LogP contribution in [-0.2, 0) is 4.79 Å². The average Bonchev–Trinajstić information content (AvgIpc) is 3.10. The number of carbonyl (C=O) groups excluding carboxylic acids is 2. The Balaban J connectivity index is 1.31. The molecule has 1 aliphatic rings. The minimum atomic E-state index is -0.119. The van der Waals surface area contributed by atoms with Gasteiger partial charge in [-0.1, -0.05) is 35.6 Å². The molecule has 2 aromatic carbocycles. The minimum absolute atomic E-state index is 0.0149. The van der Waals surface area contributed by atoms with Gasteiger partial charge in [-0.05, 0) is 49.6 Å². The second-order valence-corrected chi connectivity index (χ2v) is 8.07. The molecule has 0 atom stereocenters. The molecular weight excluding hydrogens is 372 g/mol. The molecule has 0 radical (unpaired) electrons. The summed E-state index contributed by atoms with van der Waals surface area (Å²) >= 11 is 1.49. The predicted octanol–water partition coefficient (Wildman–Crippen LogP) is 4.49. The third kappa shape index (κ3) is 4.14. The summed E-state index contributed by atoms with van der Waals surface area (Å²) in [5, 5.41) is 6.48. The lowest BCUT2D eigenvalue weighted by molar-refractivity contribution is -0.121. The monoisotopic (exact) mass is 394 g/mol. The molecule has 6 nitrogen and oxygen atoms in total. The fourth-order valence-corrected chi connectivity index (χ4v) is 4.33. The van der Waals surface area contributed by atoms with E-state index < -0.39 is 0 Å². The molecule has 28 heavy (non-hydrogen) atoms. The topological polar surface area (TPSA) is 74.3 Å². The molecule has 2 N–H and O–H groups in total. The molecule has 3 aromatic rings. The number of urea groups is 1. The molecule has 144 valence electrons. The van der Waals surface area contributed by atoms with E-state index in [0.29, 0.717) is 31.1 Å². The van der Waals surface area contributed by atoms with Gasteiger partial charge in [-0.25, -0.2) is 9.78 Å². The molecule has 0 aliphatic carbocycles. The Morgan fingerprint density at radius 1 is 1.07 bits per heavy atom. The Hall–Kier alpha value is -2.93. The highest BCUT2D eigenvalue weighted by Gasteiger charge is 2.28. The Kier molecular flexibility index (Phi) is 5.25. The van der Waals surface area contributed by atoms with Crippen LogP contribution in [-0.4, -0.2) is 34.9 Å². The third-order valence-electron chi connectivity index (χ3n) is 4.95. The van der Waals surface area contributed by atoms with Crippen LogP contribution in [0.25, 0.3) is 10.2 Å². The summed E-state index contributed by atoms with van der Waals surface area (Å²) in [6.07, 6.45) is 1.30. The first kappa shape index (κ1) is 18.4. The van der Waals surface area contributed by atoms with Gasteiger partial charge in [0.15, 0.2) is 5.13 Å². The van der Waals surface area contributed by atoms with Gasteiger partial charge in [-0.15, -0.1) is 0 Å². The van der Waals surface area contributed by atoms with Crippen molar-refractivity contribution in [2.24, 2.45) is 5.92 Å². The number of aryl methyl sites for hydroxylation is 1. The first-order chi connectivity index (χ1) is 13.6. The number of thiazole rings is 1. The number of anilines is 2. The van der Waals surface area contributed by atoms with Crippen molar-refractivity contribution in [2.75, 3.05) is 23.7 Å². The lowest BCUT2D eigenvalue weighted by Crippen LogP contribution is -2.43. The summed E-state index contributed by atoms with van der Waals surface area (Å²) in [5.41, 5.74) is 2.85. The molecule has 0 spiro atoms. The zero-order chi connectivity index (χ0) is 19.5. The number of hydrogen-bond acceptors (Lipinski definition) is 4. The van der Waals surface area contributed by atoms with E-state index in [1.54, 1.807) is 4.90 Å². The lowest BCUT2D eigenvalue weighted by atomic mass is 9.96. The van der Waals surface area contributed by atoms with E-state index >= 15 is 0 Å². The SMILES string of the molecule is Cc1ccc2nc(NC(=O)C3CCN(C(=O)Nc4ccccc4)CC3)sc2c1. The van der Waals surface area contributed by atoms with Gasteiger partial charge in [-0.2, -0.15) is 0 Å². The zero-order valence-corrected chi connectivity index (χ0v) is 16.5. The number of para-hydroxylation sites is 1. The van der Waals surface area contributed by atoms with Crippen molar-refractivity contribution in [3.8, 4) is 0 Å². The second kappa shape index (κ2) is 7.98. The lowest BCUT2D eigenvalue weighted by Gasteiger charge is -2.31. The maximum atomic E-state index is 12.6. The van der Waals surface area contributed by atoms with E-state index in [2.05, 4.69) is 21.7 Å². The number of rotatable bonds is 3. The average molecular weight is 395 g/mol. The van der Waals surface area contributed by atoms with Crippen LogP contribution in [0.3, 0.4) is 0 Å². The maximum absolute atomic E-state index is 12.6. The van der Waals surface area contributed by atoms with Crippen molar-refractivity contribution in [1.29, 1.82) is 0 Å². The second-order valence-electron chi connectivity index (χ2n) is 7.04. The van der Waals surface area contributed by atoms with Gasteiger partial charge in [0.1, 0.15) is 0 Å². The summed E-state index contributed by atoms with van der Waals surface area (Å²) in [6.45, 7) is 3.17. The summed E-state index contributed by atoms with van der Waals surface area (Å²) < 4.78 is 1.07. The van der Waals surface area contributed by atoms with Gasteiger partial charge in [0, 0.05) is 24.7 Å². The Bertz CT molecular complexity index is 994. The highest BCUT2D eigenvalue weighted by atomic mass is 32.1. The first-order valence-corrected chi connectivity index (χ1v) is 10.2. The van der Waals surface area contributed by atoms with Crippen molar-refractivity contribution >= 4 is 44.3 Å². The Morgan fingerprint density at radius 3 is 2.57 bits per heavy atom. The molecule has 4 rings (SSSR count). The molecular formula is C21H22N4O2S. The molecule has 1 saturated heterocycles. The molecule has 1 fully saturated rings. The van der Waals surface area contributed by atoms with Gasteiger partial charge < -0.3 is 15.5 Å². The third-order valence-corrected chi connectivity index (χ3v) is 5.89. The number of aromatic nitrogens is 1. The van der Waals surface area contributed by atoms with Crippen LogP contribution in [0.1, 0.15) is 18.4 Å². The molecule has 0 unspecified atom stereocenters. The maximum Gasteiger partial charge on any atom is 0.321 e. The van der Waals surface area contributed by atoms with E-state index in [1.807, 2.05) is 49.4 Å². The standard InChI is InChI=1S/C21H22N4O2S/c1-14-7-8-17-18(13-14)28-20(23-17)24-19(26)15-9-11-25(12-10-15)21(27)22-16-5-3-2-4-6-16/h2-8,13,15H,9-12H2,1H3,(H,22,27)(H,23,24,26). The van der Waals surface area contributed by atoms with Crippen LogP contribution in [0.4, 0.5) is 15.6 Å². The number of nitrogens with zero attached hydrogens (tertiary/aromatic N) is 2. The molecule has 7 heteroatoms. The van der Waals surface area contributed by atoms with E-state index in [0.717, 1.165) is 15.9 Å². The Labute approximate surface area is 167 Å². The van der Waals surface area contributed by atoms with Gasteiger partial charge in [0.2, 0.25) is 5.91 Å². The predicted molar refractivity (Wildman–Crippen MR) is 113 cm³/mol. The number of carbonyl (C=O) groups is 2. The quantitative estimate of drug-likeness (QED) is 0.687. The van der Waals surface area contributed by atoms with Crippen molar-refractivity contribution < 1.29 is 9.59 Å². The summed E-state index contributed by atoms with van der Waals surface area (Å²) in [6, 6.07) is 15.3. The van der Waals surface area contributed by atoms with Crippen molar-refractivity contribution in [1.82, 2.24) is 9.88 Å². The number of likely N-dealkylation sites (tertiary alicyclic amines) is 1. The van der Waals surface area contributed by atoms with Gasteiger partial charge in [0.25, 0.3) is 0 Å². The van der Waals surface area contributed by atoms with Gasteiger partial charge >= 0.3 is 6.03 Å². The number of benzene rings is 2. The van der Waals surface area contributed by atoms with Crippen LogP contribution in [0.15, 0.2) is 48.5 Å². The van der Waals surface area contributed by atoms with Crippen LogP contribution < -0.4 is 10.6 Å². The van der Waals surface area contributed by atoms with Crippen molar-refractivity contribution in [3.05, 3.63) is 54.1 Å². The smallest absolute Gasteiger partial charge is 0.321 e. The Morgan fingerprint density at radius 2 is 1.82 bits per heavy atom. The van der Waals surface area contributed by atoms with Gasteiger partial charge in [-0.3, -0.25) is 4.79 Å². The molecule has 2 heterocycles. The van der Waals surface area contributed by atoms with Crippen molar-refractivity contribution in [2.45, 2.75) is 19.8 Å². The van der Waals surface area contributed by atoms with E-state index in [9.17, 15) is 9.59 Å². The van der Waals surface area contributed by atoms with Crippen LogP contribution in [0, 0.1) is 12.8 Å².